The van der Waals surface area contributed by atoms with E-state index in [9.17, 15) is 18.4 Å². The average molecular weight is 495 g/mol. The van der Waals surface area contributed by atoms with Crippen molar-refractivity contribution in [1.29, 1.82) is 0 Å². The van der Waals surface area contributed by atoms with Gasteiger partial charge in [-0.25, -0.2) is 23.2 Å². The van der Waals surface area contributed by atoms with E-state index in [-0.39, 0.29) is 17.4 Å². The highest BCUT2D eigenvalue weighted by Crippen LogP contribution is 2.23. The van der Waals surface area contributed by atoms with Gasteiger partial charge in [0.2, 0.25) is 0 Å². The van der Waals surface area contributed by atoms with Crippen molar-refractivity contribution in [2.24, 2.45) is 0 Å². The van der Waals surface area contributed by atoms with Gasteiger partial charge in [-0.15, -0.1) is 5.10 Å². The normalized spacial score (nSPS) is 10.8. The number of carbonyl (C=O) groups excluding carboxylic acids is 2. The van der Waals surface area contributed by atoms with Gasteiger partial charge in [-0.2, -0.15) is 0 Å². The molecular weight excluding hydrogens is 476 g/mol. The van der Waals surface area contributed by atoms with Gasteiger partial charge in [0.05, 0.1) is 5.69 Å². The quantitative estimate of drug-likeness (QED) is 0.207. The zero-order valence-corrected chi connectivity index (χ0v) is 19.3. The maximum Gasteiger partial charge on any atom is 0.378 e. The second-order valence-corrected chi connectivity index (χ2v) is 8.10. The molecule has 182 valence electrons. The Bertz CT molecular complexity index is 1480. The Hall–Kier alpha value is -4.98. The van der Waals surface area contributed by atoms with Gasteiger partial charge in [0.15, 0.2) is 18.2 Å². The molecule has 0 amide bonds. The molecule has 0 aliphatic carbocycles. The van der Waals surface area contributed by atoms with Crippen LogP contribution in [0.15, 0.2) is 103 Å². The van der Waals surface area contributed by atoms with Crippen molar-refractivity contribution in [2.45, 2.75) is 0 Å². The molecule has 0 bridgehead atoms. The summed E-state index contributed by atoms with van der Waals surface area (Å²) in [4.78, 5) is 29.6. The minimum Gasteiger partial charge on any atom is -0.451 e. The maximum absolute atomic E-state index is 13.4. The molecule has 0 unspecified atom stereocenters. The van der Waals surface area contributed by atoms with Crippen molar-refractivity contribution in [3.63, 3.8) is 0 Å². The summed E-state index contributed by atoms with van der Waals surface area (Å²) in [7, 11) is 0. The first-order valence-corrected chi connectivity index (χ1v) is 11.3. The summed E-state index contributed by atoms with van der Waals surface area (Å²) >= 11 is 0. The van der Waals surface area contributed by atoms with Crippen LogP contribution in [0.4, 0.5) is 8.78 Å². The van der Waals surface area contributed by atoms with Gasteiger partial charge in [-0.05, 0) is 59.7 Å². The predicted octanol–water partition coefficient (Wildman–Crippen LogP) is 5.92. The number of hydrogen-bond acceptors (Lipinski definition) is 5. The van der Waals surface area contributed by atoms with Crippen molar-refractivity contribution in [3.05, 3.63) is 126 Å². The monoisotopic (exact) mass is 495 g/mol. The van der Waals surface area contributed by atoms with Gasteiger partial charge in [0.1, 0.15) is 11.6 Å². The molecule has 0 N–H and O–H groups in total. The van der Waals surface area contributed by atoms with E-state index >= 15 is 0 Å². The Morgan fingerprint density at radius 1 is 0.703 bits per heavy atom. The second-order valence-electron chi connectivity index (χ2n) is 8.10. The van der Waals surface area contributed by atoms with Crippen LogP contribution < -0.4 is 0 Å². The summed E-state index contributed by atoms with van der Waals surface area (Å²) in [5.41, 5.74) is 3.28. The molecule has 0 saturated heterocycles. The number of aromatic nitrogens is 3. The minimum atomic E-state index is -0.904. The second kappa shape index (κ2) is 10.3. The highest BCUT2D eigenvalue weighted by molar-refractivity contribution is 5.99. The fourth-order valence-corrected chi connectivity index (χ4v) is 3.70. The van der Waals surface area contributed by atoms with Crippen molar-refractivity contribution >= 4 is 11.8 Å². The Balaban J connectivity index is 1.34. The third-order valence-electron chi connectivity index (χ3n) is 5.61. The molecule has 0 atom stereocenters. The van der Waals surface area contributed by atoms with Crippen molar-refractivity contribution < 1.29 is 23.1 Å². The maximum atomic E-state index is 13.4. The van der Waals surface area contributed by atoms with Crippen LogP contribution in [0.25, 0.3) is 28.2 Å². The lowest BCUT2D eigenvalue weighted by atomic mass is 10.0. The smallest absolute Gasteiger partial charge is 0.378 e. The van der Waals surface area contributed by atoms with E-state index < -0.39 is 24.2 Å². The van der Waals surface area contributed by atoms with Crippen LogP contribution in [0.1, 0.15) is 21.0 Å². The standard InChI is InChI=1S/C29H19F2N3O3/c30-23-12-10-22(11-13-23)28-32-27(33-34(28)25-16-14-24(31)15-17-25)29(36)37-18-26(35)21-8-6-20(7-9-21)19-4-2-1-3-5-19/h1-17H,18H2. The van der Waals surface area contributed by atoms with E-state index in [1.54, 1.807) is 12.1 Å². The van der Waals surface area contributed by atoms with Crippen LogP contribution in [0.5, 0.6) is 0 Å². The van der Waals surface area contributed by atoms with Crippen molar-refractivity contribution in [1.82, 2.24) is 14.8 Å². The van der Waals surface area contributed by atoms with E-state index in [0.717, 1.165) is 11.1 Å². The topological polar surface area (TPSA) is 74.1 Å². The largest absolute Gasteiger partial charge is 0.451 e. The van der Waals surface area contributed by atoms with E-state index in [1.165, 1.54) is 53.2 Å². The lowest BCUT2D eigenvalue weighted by molar-refractivity contribution is 0.0462. The van der Waals surface area contributed by atoms with E-state index in [4.69, 9.17) is 4.74 Å². The molecule has 5 rings (SSSR count). The molecule has 0 spiro atoms. The molecule has 8 heteroatoms. The Morgan fingerprint density at radius 3 is 1.92 bits per heavy atom. The van der Waals surface area contributed by atoms with Crippen molar-refractivity contribution in [2.75, 3.05) is 6.61 Å². The lowest BCUT2D eigenvalue weighted by Gasteiger charge is -2.05. The SMILES string of the molecule is O=C(COC(=O)c1nc(-c2ccc(F)cc2)n(-c2ccc(F)cc2)n1)c1ccc(-c2ccccc2)cc1. The number of carbonyl (C=O) groups is 2. The van der Waals surface area contributed by atoms with Gasteiger partial charge in [-0.1, -0.05) is 54.6 Å². The zero-order valence-electron chi connectivity index (χ0n) is 19.3. The number of benzene rings is 4. The molecule has 5 aromatic rings. The fourth-order valence-electron chi connectivity index (χ4n) is 3.70. The van der Waals surface area contributed by atoms with Gasteiger partial charge >= 0.3 is 5.97 Å². The summed E-state index contributed by atoms with van der Waals surface area (Å²) in [6, 6.07) is 27.6. The third kappa shape index (κ3) is 5.33. The first-order valence-electron chi connectivity index (χ1n) is 11.3. The molecule has 6 nitrogen and oxygen atoms in total. The molecule has 0 aliphatic heterocycles. The molecule has 0 saturated carbocycles. The molecule has 0 radical (unpaired) electrons. The molecule has 37 heavy (non-hydrogen) atoms. The first-order chi connectivity index (χ1) is 18.0. The number of esters is 1. The summed E-state index contributed by atoms with van der Waals surface area (Å²) in [6.45, 7) is -0.500. The number of Topliss-reactive ketones (excluding diaryl/α,β-unsaturated/α-hetero) is 1. The predicted molar refractivity (Wildman–Crippen MR) is 133 cm³/mol. The average Bonchev–Trinajstić information content (AvgIpc) is 3.38. The van der Waals surface area contributed by atoms with Crippen LogP contribution in [0.3, 0.4) is 0 Å². The lowest BCUT2D eigenvalue weighted by Crippen LogP contribution is -2.15. The summed E-state index contributed by atoms with van der Waals surface area (Å²) < 4.78 is 33.4. The number of ketones is 1. The van der Waals surface area contributed by atoms with Crippen LogP contribution in [0, 0.1) is 11.6 Å². The summed E-state index contributed by atoms with van der Waals surface area (Å²) in [5.74, 6) is -2.24. The van der Waals surface area contributed by atoms with Crippen LogP contribution in [0.2, 0.25) is 0 Å². The fraction of sp³-hybridized carbons (Fsp3) is 0.0345. The number of nitrogens with zero attached hydrogens (tertiary/aromatic N) is 3. The first kappa shape index (κ1) is 23.7. The Labute approximate surface area is 210 Å². The molecular formula is C29H19F2N3O3. The van der Waals surface area contributed by atoms with Crippen LogP contribution in [-0.2, 0) is 4.74 Å². The van der Waals surface area contributed by atoms with Gasteiger partial charge < -0.3 is 4.74 Å². The summed E-state index contributed by atoms with van der Waals surface area (Å²) in [5, 5.41) is 4.21. The van der Waals surface area contributed by atoms with E-state index in [0.29, 0.717) is 16.8 Å². The number of rotatable bonds is 7. The molecule has 0 aliphatic rings. The number of halogens is 2. The van der Waals surface area contributed by atoms with Crippen LogP contribution >= 0.6 is 0 Å². The van der Waals surface area contributed by atoms with E-state index in [1.807, 2.05) is 42.5 Å². The van der Waals surface area contributed by atoms with Crippen molar-refractivity contribution in [3.8, 4) is 28.2 Å². The minimum absolute atomic E-state index is 0.224. The highest BCUT2D eigenvalue weighted by Gasteiger charge is 2.21. The third-order valence-corrected chi connectivity index (χ3v) is 5.61. The molecule has 4 aromatic carbocycles. The molecule has 0 fully saturated rings. The van der Waals surface area contributed by atoms with Gasteiger partial charge in [0.25, 0.3) is 5.82 Å². The molecule has 1 heterocycles. The van der Waals surface area contributed by atoms with Gasteiger partial charge in [0, 0.05) is 11.1 Å². The Morgan fingerprint density at radius 2 is 1.27 bits per heavy atom. The number of hydrogen-bond donors (Lipinski definition) is 0. The molecule has 1 aromatic heterocycles. The highest BCUT2D eigenvalue weighted by atomic mass is 19.1. The summed E-state index contributed by atoms with van der Waals surface area (Å²) in [6.07, 6.45) is 0. The number of ether oxygens (including phenoxy) is 1. The zero-order chi connectivity index (χ0) is 25.8. The Kier molecular flexibility index (Phi) is 6.63. The van der Waals surface area contributed by atoms with Crippen LogP contribution in [-0.4, -0.2) is 33.1 Å². The van der Waals surface area contributed by atoms with Gasteiger partial charge in [-0.3, -0.25) is 4.79 Å². The van der Waals surface area contributed by atoms with E-state index in [2.05, 4.69) is 10.1 Å².